The van der Waals surface area contributed by atoms with E-state index in [4.69, 9.17) is 0 Å². The van der Waals surface area contributed by atoms with Crippen LogP contribution >= 0.6 is 0 Å². The SMILES string of the molecule is O=C(Cc1ccc(C2(c3ccc(CC(=O)c4ccc5c(c4)C(=O)OC5=O)c(F)c3)c3ccccc3-c3ccccc32)cc1F)c1ccc2c(c1)C(=O)CC2=O. The number of fused-ring (bicyclic) bond motifs is 5. The van der Waals surface area contributed by atoms with Gasteiger partial charge in [-0.1, -0.05) is 84.9 Å². The number of halogens is 2. The molecule has 266 valence electrons. The van der Waals surface area contributed by atoms with Crippen LogP contribution in [0.2, 0.25) is 0 Å². The summed E-state index contributed by atoms with van der Waals surface area (Å²) in [6, 6.07) is 32.9. The van der Waals surface area contributed by atoms with E-state index >= 15 is 8.78 Å². The van der Waals surface area contributed by atoms with Crippen LogP contribution in [-0.2, 0) is 23.0 Å². The lowest BCUT2D eigenvalue weighted by molar-refractivity contribution is 0.0442. The number of hydrogen-bond acceptors (Lipinski definition) is 7. The van der Waals surface area contributed by atoms with Gasteiger partial charge in [0, 0.05) is 35.1 Å². The van der Waals surface area contributed by atoms with Crippen LogP contribution in [0, 0.1) is 11.6 Å². The van der Waals surface area contributed by atoms with Gasteiger partial charge < -0.3 is 4.74 Å². The Balaban J connectivity index is 1.10. The second kappa shape index (κ2) is 12.6. The second-order valence-electron chi connectivity index (χ2n) is 13.9. The normalized spacial score (nSPS) is 14.7. The molecule has 3 aliphatic rings. The Bertz CT molecular complexity index is 2570. The van der Waals surface area contributed by atoms with E-state index in [1.54, 1.807) is 18.2 Å². The number of benzene rings is 6. The molecule has 7 nitrogen and oxygen atoms in total. The number of hydrogen-bond donors (Lipinski definition) is 0. The zero-order valence-electron chi connectivity index (χ0n) is 28.8. The topological polar surface area (TPSA) is 112 Å². The van der Waals surface area contributed by atoms with Crippen molar-refractivity contribution in [3.63, 3.8) is 0 Å². The molecule has 9 heteroatoms. The highest BCUT2D eigenvalue weighted by Crippen LogP contribution is 2.56. The summed E-state index contributed by atoms with van der Waals surface area (Å²) in [4.78, 5) is 75.0. The number of cyclic esters (lactones) is 2. The smallest absolute Gasteiger partial charge is 0.346 e. The fourth-order valence-electron chi connectivity index (χ4n) is 8.21. The van der Waals surface area contributed by atoms with Crippen LogP contribution in [0.4, 0.5) is 8.78 Å². The number of ether oxygens (including phenoxy) is 1. The summed E-state index contributed by atoms with van der Waals surface area (Å²) >= 11 is 0. The number of Topliss-reactive ketones (excluding diaryl/α,β-unsaturated/α-hetero) is 4. The van der Waals surface area contributed by atoms with E-state index in [-0.39, 0.29) is 75.3 Å². The van der Waals surface area contributed by atoms with Crippen molar-refractivity contribution in [2.75, 3.05) is 0 Å². The summed E-state index contributed by atoms with van der Waals surface area (Å²) in [5.74, 6) is -4.50. The highest BCUT2D eigenvalue weighted by atomic mass is 19.1. The average molecular weight is 729 g/mol. The van der Waals surface area contributed by atoms with Crippen molar-refractivity contribution in [2.24, 2.45) is 0 Å². The molecule has 0 fully saturated rings. The molecule has 0 aromatic heterocycles. The average Bonchev–Trinajstić information content (AvgIpc) is 3.77. The predicted molar refractivity (Wildman–Crippen MR) is 196 cm³/mol. The van der Waals surface area contributed by atoms with Crippen LogP contribution in [-0.4, -0.2) is 35.1 Å². The van der Waals surface area contributed by atoms with Gasteiger partial charge in [0.1, 0.15) is 11.6 Å². The molecule has 6 aromatic rings. The van der Waals surface area contributed by atoms with Crippen LogP contribution in [0.5, 0.6) is 0 Å². The second-order valence-corrected chi connectivity index (χ2v) is 13.9. The molecule has 9 rings (SSSR count). The van der Waals surface area contributed by atoms with Gasteiger partial charge in [-0.05, 0) is 80.9 Å². The standard InChI is InChI=1S/C46H26F2O7/c47-38-21-28(13-9-24(38)19-40(49)26-11-15-32-34(17-26)43(52)23-42(32)51)46(36-7-3-1-5-30(36)31-6-2-4-8-37(31)46)29-14-10-25(39(48)22-29)20-41(50)27-12-16-33-35(18-27)45(54)55-44(33)53/h1-18,21-22H,19-20,23H2. The van der Waals surface area contributed by atoms with Gasteiger partial charge in [0.2, 0.25) is 0 Å². The molecule has 0 amide bonds. The number of ketones is 4. The Morgan fingerprint density at radius 1 is 0.509 bits per heavy atom. The van der Waals surface area contributed by atoms with E-state index in [1.165, 1.54) is 54.6 Å². The first-order valence-corrected chi connectivity index (χ1v) is 17.5. The predicted octanol–water partition coefficient (Wildman–Crippen LogP) is 8.26. The minimum absolute atomic E-state index is 0.0211. The van der Waals surface area contributed by atoms with Gasteiger partial charge in [0.15, 0.2) is 23.1 Å². The molecular weight excluding hydrogens is 702 g/mol. The van der Waals surface area contributed by atoms with Gasteiger partial charge in [0.25, 0.3) is 0 Å². The lowest BCUT2D eigenvalue weighted by Crippen LogP contribution is -2.29. The minimum atomic E-state index is -1.19. The Labute approximate surface area is 312 Å². The van der Waals surface area contributed by atoms with E-state index in [2.05, 4.69) is 4.74 Å². The molecule has 0 N–H and O–H groups in total. The van der Waals surface area contributed by atoms with Crippen LogP contribution in [0.3, 0.4) is 0 Å². The Hall–Kier alpha value is -7.00. The van der Waals surface area contributed by atoms with Crippen molar-refractivity contribution in [3.8, 4) is 11.1 Å². The van der Waals surface area contributed by atoms with Crippen molar-refractivity contribution in [1.29, 1.82) is 0 Å². The van der Waals surface area contributed by atoms with Crippen molar-refractivity contribution < 1.29 is 42.3 Å². The van der Waals surface area contributed by atoms with Gasteiger partial charge in [-0.2, -0.15) is 0 Å². The highest BCUT2D eigenvalue weighted by Gasteiger charge is 2.46. The van der Waals surface area contributed by atoms with E-state index < -0.39 is 40.6 Å². The van der Waals surface area contributed by atoms with Crippen molar-refractivity contribution in [2.45, 2.75) is 24.7 Å². The minimum Gasteiger partial charge on any atom is -0.386 e. The van der Waals surface area contributed by atoms with Crippen LogP contribution in [0.25, 0.3) is 11.1 Å². The van der Waals surface area contributed by atoms with Crippen molar-refractivity contribution in [1.82, 2.24) is 0 Å². The van der Waals surface area contributed by atoms with Gasteiger partial charge in [-0.3, -0.25) is 19.2 Å². The maximum Gasteiger partial charge on any atom is 0.346 e. The maximum atomic E-state index is 16.3. The van der Waals surface area contributed by atoms with Crippen molar-refractivity contribution >= 4 is 35.1 Å². The number of esters is 2. The maximum absolute atomic E-state index is 16.3. The molecule has 2 aliphatic carbocycles. The molecule has 0 saturated carbocycles. The zero-order valence-corrected chi connectivity index (χ0v) is 28.8. The molecule has 1 heterocycles. The largest absolute Gasteiger partial charge is 0.386 e. The first kappa shape index (κ1) is 33.8. The van der Waals surface area contributed by atoms with E-state index in [0.717, 1.165) is 22.3 Å². The van der Waals surface area contributed by atoms with E-state index in [1.807, 2.05) is 48.5 Å². The summed E-state index contributed by atoms with van der Waals surface area (Å²) in [7, 11) is 0. The number of carbonyl (C=O) groups is 6. The number of carbonyl (C=O) groups excluding carboxylic acids is 6. The molecule has 0 spiro atoms. The first-order chi connectivity index (χ1) is 26.5. The van der Waals surface area contributed by atoms with Crippen LogP contribution in [0.1, 0.15) is 102 Å². The summed E-state index contributed by atoms with van der Waals surface area (Å²) in [5.41, 5.74) is 4.19. The molecule has 0 bridgehead atoms. The third-order valence-electron chi connectivity index (χ3n) is 10.9. The van der Waals surface area contributed by atoms with E-state index in [0.29, 0.717) is 11.1 Å². The van der Waals surface area contributed by atoms with Gasteiger partial charge in [0.05, 0.1) is 23.0 Å². The molecular formula is C46H26F2O7. The summed E-state index contributed by atoms with van der Waals surface area (Å²) < 4.78 is 37.2. The third kappa shape index (κ3) is 5.22. The van der Waals surface area contributed by atoms with E-state index in [9.17, 15) is 28.8 Å². The molecule has 6 aromatic carbocycles. The van der Waals surface area contributed by atoms with Gasteiger partial charge >= 0.3 is 11.9 Å². The first-order valence-electron chi connectivity index (χ1n) is 17.5. The lowest BCUT2D eigenvalue weighted by Gasteiger charge is -2.34. The van der Waals surface area contributed by atoms with Crippen molar-refractivity contribution in [3.05, 3.63) is 200 Å². The summed E-state index contributed by atoms with van der Waals surface area (Å²) in [5, 5.41) is 0. The van der Waals surface area contributed by atoms with Gasteiger partial charge in [-0.25, -0.2) is 18.4 Å². The molecule has 0 atom stereocenters. The molecule has 1 aliphatic heterocycles. The fourth-order valence-corrected chi connectivity index (χ4v) is 8.21. The molecule has 0 radical (unpaired) electrons. The summed E-state index contributed by atoms with van der Waals surface area (Å²) in [6.45, 7) is 0. The molecule has 55 heavy (non-hydrogen) atoms. The quantitative estimate of drug-likeness (QED) is 0.0880. The lowest BCUT2D eigenvalue weighted by atomic mass is 9.67. The Morgan fingerprint density at radius 2 is 0.982 bits per heavy atom. The third-order valence-corrected chi connectivity index (χ3v) is 10.9. The zero-order chi connectivity index (χ0) is 38.2. The Morgan fingerprint density at radius 3 is 1.53 bits per heavy atom. The fraction of sp³-hybridized carbons (Fsp3) is 0.0870. The Kier molecular flexibility index (Phi) is 7.72. The van der Waals surface area contributed by atoms with Crippen LogP contribution in [0.15, 0.2) is 121 Å². The van der Waals surface area contributed by atoms with Crippen LogP contribution < -0.4 is 0 Å². The van der Waals surface area contributed by atoms with Gasteiger partial charge in [-0.15, -0.1) is 0 Å². The highest BCUT2D eigenvalue weighted by molar-refractivity contribution is 6.25. The molecule has 0 saturated heterocycles. The number of rotatable bonds is 8. The monoisotopic (exact) mass is 728 g/mol. The molecule has 0 unspecified atom stereocenters. The summed E-state index contributed by atoms with van der Waals surface area (Å²) in [6.07, 6.45) is -0.868.